The van der Waals surface area contributed by atoms with Gasteiger partial charge in [-0.05, 0) is 52.5 Å². The van der Waals surface area contributed by atoms with Crippen LogP contribution in [0.1, 0.15) is 51.3 Å². The van der Waals surface area contributed by atoms with Crippen LogP contribution in [0.25, 0.3) is 0 Å². The van der Waals surface area contributed by atoms with E-state index in [0.29, 0.717) is 6.04 Å². The Morgan fingerprint density at radius 1 is 1.26 bits per heavy atom. The van der Waals surface area contributed by atoms with Gasteiger partial charge < -0.3 is 10.4 Å². The molecule has 2 rings (SSSR count). The summed E-state index contributed by atoms with van der Waals surface area (Å²) in [5.74, 6) is 6.50. The third-order valence-electron chi connectivity index (χ3n) is 3.23. The smallest absolute Gasteiger partial charge is 0.0789 e. The molecule has 0 aromatic carbocycles. The van der Waals surface area contributed by atoms with Gasteiger partial charge in [0.2, 0.25) is 0 Å². The van der Waals surface area contributed by atoms with Crippen molar-refractivity contribution in [1.29, 1.82) is 0 Å². The van der Waals surface area contributed by atoms with Crippen LogP contribution < -0.4 is 5.32 Å². The Labute approximate surface area is 120 Å². The molecule has 104 valence electrons. The van der Waals surface area contributed by atoms with Crippen molar-refractivity contribution in [3.05, 3.63) is 16.3 Å². The molecule has 0 saturated heterocycles. The average molecular weight is 277 g/mol. The second kappa shape index (κ2) is 5.98. The van der Waals surface area contributed by atoms with Crippen molar-refractivity contribution in [2.24, 2.45) is 5.41 Å². The first-order chi connectivity index (χ1) is 8.92. The molecule has 1 aromatic heterocycles. The van der Waals surface area contributed by atoms with E-state index in [1.54, 1.807) is 11.3 Å². The van der Waals surface area contributed by atoms with E-state index in [2.05, 4.69) is 49.4 Å². The maximum absolute atomic E-state index is 9.50. The Morgan fingerprint density at radius 3 is 2.58 bits per heavy atom. The van der Waals surface area contributed by atoms with Crippen molar-refractivity contribution >= 4 is 17.0 Å². The van der Waals surface area contributed by atoms with Gasteiger partial charge in [-0.25, -0.2) is 0 Å². The largest absolute Gasteiger partial charge is 0.393 e. The van der Waals surface area contributed by atoms with Crippen LogP contribution in [0, 0.1) is 17.3 Å². The monoisotopic (exact) mass is 277 g/mol. The van der Waals surface area contributed by atoms with Crippen molar-refractivity contribution in [3.8, 4) is 11.8 Å². The topological polar surface area (TPSA) is 32.3 Å². The Morgan fingerprint density at radius 2 is 1.95 bits per heavy atom. The summed E-state index contributed by atoms with van der Waals surface area (Å²) in [6, 6.07) is 2.63. The first-order valence-electron chi connectivity index (χ1n) is 6.99. The number of hydrogen-bond donors (Lipinski definition) is 2. The Kier molecular flexibility index (Phi) is 4.54. The Balaban J connectivity index is 1.92. The highest BCUT2D eigenvalue weighted by Crippen LogP contribution is 2.25. The third kappa shape index (κ3) is 4.89. The molecule has 1 aliphatic carbocycles. The summed E-state index contributed by atoms with van der Waals surface area (Å²) in [4.78, 5) is 1.12. The van der Waals surface area contributed by atoms with E-state index in [1.165, 1.54) is 5.69 Å². The highest BCUT2D eigenvalue weighted by atomic mass is 32.1. The van der Waals surface area contributed by atoms with Crippen LogP contribution in [0.15, 0.2) is 11.4 Å². The summed E-state index contributed by atoms with van der Waals surface area (Å²) in [7, 11) is 0. The van der Waals surface area contributed by atoms with E-state index >= 15 is 0 Å². The van der Waals surface area contributed by atoms with Gasteiger partial charge in [0.25, 0.3) is 0 Å². The molecule has 0 atom stereocenters. The summed E-state index contributed by atoms with van der Waals surface area (Å²) in [6.07, 6.45) is 3.85. The third-order valence-corrected chi connectivity index (χ3v) is 4.07. The van der Waals surface area contributed by atoms with Gasteiger partial charge in [0, 0.05) is 22.5 Å². The highest BCUT2D eigenvalue weighted by Gasteiger charge is 2.19. The molecule has 2 N–H and O–H groups in total. The van der Waals surface area contributed by atoms with Crippen molar-refractivity contribution in [1.82, 2.24) is 0 Å². The Hall–Kier alpha value is -0.980. The van der Waals surface area contributed by atoms with Gasteiger partial charge in [-0.2, -0.15) is 0 Å². The summed E-state index contributed by atoms with van der Waals surface area (Å²) >= 11 is 1.69. The zero-order valence-corrected chi connectivity index (χ0v) is 12.8. The van der Waals surface area contributed by atoms with E-state index in [0.717, 1.165) is 30.6 Å². The van der Waals surface area contributed by atoms with Gasteiger partial charge in [-0.1, -0.05) is 11.8 Å². The minimum atomic E-state index is -0.0891. The number of hydrogen-bond acceptors (Lipinski definition) is 3. The van der Waals surface area contributed by atoms with Crippen LogP contribution in [-0.4, -0.2) is 17.3 Å². The van der Waals surface area contributed by atoms with E-state index in [4.69, 9.17) is 0 Å². The lowest BCUT2D eigenvalue weighted by molar-refractivity contribution is 0.126. The van der Waals surface area contributed by atoms with Crippen LogP contribution >= 0.6 is 11.3 Å². The summed E-state index contributed by atoms with van der Waals surface area (Å²) in [5, 5.41) is 15.2. The molecule has 1 heterocycles. The molecule has 0 bridgehead atoms. The van der Waals surface area contributed by atoms with E-state index in [9.17, 15) is 5.11 Å². The van der Waals surface area contributed by atoms with E-state index in [-0.39, 0.29) is 11.5 Å². The molecule has 1 saturated carbocycles. The molecule has 1 fully saturated rings. The summed E-state index contributed by atoms with van der Waals surface area (Å²) in [5.41, 5.74) is 1.22. The molecule has 0 aliphatic heterocycles. The molecule has 0 spiro atoms. The predicted octanol–water partition coefficient (Wildman–Crippen LogP) is 3.86. The lowest BCUT2D eigenvalue weighted by atomic mass is 9.93. The summed E-state index contributed by atoms with van der Waals surface area (Å²) in [6.45, 7) is 6.38. The van der Waals surface area contributed by atoms with Crippen LogP contribution in [0.4, 0.5) is 5.69 Å². The van der Waals surface area contributed by atoms with Crippen LogP contribution in [0.5, 0.6) is 0 Å². The Bertz CT molecular complexity index is 467. The maximum Gasteiger partial charge on any atom is 0.0789 e. The lowest BCUT2D eigenvalue weighted by Gasteiger charge is -2.26. The fourth-order valence-corrected chi connectivity index (χ4v) is 2.88. The standard InChI is InChI=1S/C16H23NOS/c1-16(2,3)9-8-15-10-13(11-19-15)17-12-4-6-14(18)7-5-12/h10-12,14,17-18H,4-7H2,1-3H3/t12-,14-. The van der Waals surface area contributed by atoms with Gasteiger partial charge in [0.05, 0.1) is 11.0 Å². The van der Waals surface area contributed by atoms with Crippen molar-refractivity contribution in [3.63, 3.8) is 0 Å². The molecule has 3 heteroatoms. The number of aliphatic hydroxyl groups is 1. The molecule has 19 heavy (non-hydrogen) atoms. The van der Waals surface area contributed by atoms with Crippen LogP contribution in [0.3, 0.4) is 0 Å². The van der Waals surface area contributed by atoms with Gasteiger partial charge in [-0.15, -0.1) is 11.3 Å². The van der Waals surface area contributed by atoms with Crippen molar-refractivity contribution in [2.45, 2.75) is 58.6 Å². The zero-order valence-electron chi connectivity index (χ0n) is 12.0. The second-order valence-corrected chi connectivity index (χ2v) is 7.26. The predicted molar refractivity (Wildman–Crippen MR) is 82.5 cm³/mol. The van der Waals surface area contributed by atoms with Gasteiger partial charge in [0.1, 0.15) is 0 Å². The number of anilines is 1. The number of rotatable bonds is 2. The molecule has 0 unspecified atom stereocenters. The fourth-order valence-electron chi connectivity index (χ4n) is 2.18. The number of thiophene rings is 1. The second-order valence-electron chi connectivity index (χ2n) is 6.35. The van der Waals surface area contributed by atoms with E-state index in [1.807, 2.05) is 0 Å². The molecule has 1 aliphatic rings. The molecular formula is C16H23NOS. The minimum Gasteiger partial charge on any atom is -0.393 e. The quantitative estimate of drug-likeness (QED) is 0.805. The molecule has 0 radical (unpaired) electrons. The van der Waals surface area contributed by atoms with Gasteiger partial charge in [0.15, 0.2) is 0 Å². The lowest BCUT2D eigenvalue weighted by Crippen LogP contribution is -2.27. The maximum atomic E-state index is 9.50. The fraction of sp³-hybridized carbons (Fsp3) is 0.625. The number of aliphatic hydroxyl groups excluding tert-OH is 1. The molecule has 2 nitrogen and oxygen atoms in total. The number of nitrogens with one attached hydrogen (secondary N) is 1. The van der Waals surface area contributed by atoms with Crippen LogP contribution in [0.2, 0.25) is 0 Å². The zero-order chi connectivity index (χ0) is 13.9. The molecular weight excluding hydrogens is 254 g/mol. The van der Waals surface area contributed by atoms with Crippen LogP contribution in [-0.2, 0) is 0 Å². The molecule has 0 amide bonds. The van der Waals surface area contributed by atoms with E-state index < -0.39 is 0 Å². The van der Waals surface area contributed by atoms with Gasteiger partial charge >= 0.3 is 0 Å². The minimum absolute atomic E-state index is 0.0527. The van der Waals surface area contributed by atoms with Crippen molar-refractivity contribution in [2.75, 3.05) is 5.32 Å². The first kappa shape index (κ1) is 14.4. The normalized spacial score (nSPS) is 23.6. The average Bonchev–Trinajstić information content (AvgIpc) is 2.77. The first-order valence-corrected chi connectivity index (χ1v) is 7.87. The summed E-state index contributed by atoms with van der Waals surface area (Å²) < 4.78 is 0. The SMILES string of the molecule is CC(C)(C)C#Cc1cc(N[C@H]2CC[C@H](O)CC2)cs1. The highest BCUT2D eigenvalue weighted by molar-refractivity contribution is 7.11. The van der Waals surface area contributed by atoms with Crippen molar-refractivity contribution < 1.29 is 5.11 Å². The molecule has 1 aromatic rings. The van der Waals surface area contributed by atoms with Gasteiger partial charge in [-0.3, -0.25) is 0 Å².